The minimum atomic E-state index is -0.394. The first-order valence-electron chi connectivity index (χ1n) is 6.17. The zero-order valence-corrected chi connectivity index (χ0v) is 11.0. The molecule has 1 saturated heterocycles. The van der Waals surface area contributed by atoms with Crippen LogP contribution in [0.15, 0.2) is 10.6 Å². The first-order valence-corrected chi connectivity index (χ1v) is 6.17. The van der Waals surface area contributed by atoms with Crippen LogP contribution in [0.2, 0.25) is 0 Å². The van der Waals surface area contributed by atoms with Gasteiger partial charge in [0.05, 0.1) is 13.0 Å². The lowest BCUT2D eigenvalue weighted by Crippen LogP contribution is -2.43. The SMILES string of the molecule is COC(=O)N1CCCC(C(=O)Nc2cc(C)on2)C1. The number of anilines is 1. The zero-order chi connectivity index (χ0) is 13.8. The summed E-state index contributed by atoms with van der Waals surface area (Å²) in [7, 11) is 1.34. The van der Waals surface area contributed by atoms with Crippen LogP contribution in [0.1, 0.15) is 18.6 Å². The van der Waals surface area contributed by atoms with E-state index in [9.17, 15) is 9.59 Å². The largest absolute Gasteiger partial charge is 0.453 e. The number of likely N-dealkylation sites (tertiary alicyclic amines) is 1. The van der Waals surface area contributed by atoms with E-state index >= 15 is 0 Å². The average molecular weight is 267 g/mol. The molecule has 2 amide bonds. The molecule has 1 aromatic heterocycles. The van der Waals surface area contributed by atoms with E-state index in [4.69, 9.17) is 4.52 Å². The number of hydrogen-bond acceptors (Lipinski definition) is 5. The summed E-state index contributed by atoms with van der Waals surface area (Å²) >= 11 is 0. The second-order valence-corrected chi connectivity index (χ2v) is 4.57. The Hall–Kier alpha value is -2.05. The molecule has 19 heavy (non-hydrogen) atoms. The molecule has 1 aliphatic heterocycles. The fourth-order valence-electron chi connectivity index (χ4n) is 2.14. The Morgan fingerprint density at radius 3 is 3.00 bits per heavy atom. The Bertz CT molecular complexity index is 471. The second kappa shape index (κ2) is 5.73. The predicted molar refractivity (Wildman–Crippen MR) is 66.6 cm³/mol. The van der Waals surface area contributed by atoms with Gasteiger partial charge in [-0.05, 0) is 19.8 Å². The maximum Gasteiger partial charge on any atom is 0.409 e. The van der Waals surface area contributed by atoms with Crippen molar-refractivity contribution < 1.29 is 18.8 Å². The molecule has 1 unspecified atom stereocenters. The summed E-state index contributed by atoms with van der Waals surface area (Å²) in [6.07, 6.45) is 1.14. The molecule has 0 bridgehead atoms. The van der Waals surface area contributed by atoms with E-state index in [0.717, 1.165) is 12.8 Å². The van der Waals surface area contributed by atoms with Gasteiger partial charge in [0.2, 0.25) is 5.91 Å². The summed E-state index contributed by atoms with van der Waals surface area (Å²) in [4.78, 5) is 25.0. The Labute approximate surface area is 110 Å². The molecule has 0 spiro atoms. The Morgan fingerprint density at radius 1 is 1.58 bits per heavy atom. The molecule has 2 rings (SSSR count). The normalized spacial score (nSPS) is 19.1. The van der Waals surface area contributed by atoms with Crippen molar-refractivity contribution in [1.82, 2.24) is 10.1 Å². The van der Waals surface area contributed by atoms with Crippen molar-refractivity contribution in [2.75, 3.05) is 25.5 Å². The van der Waals surface area contributed by atoms with Crippen molar-refractivity contribution in [3.05, 3.63) is 11.8 Å². The molecule has 0 aromatic carbocycles. The van der Waals surface area contributed by atoms with E-state index in [1.807, 2.05) is 0 Å². The fourth-order valence-corrected chi connectivity index (χ4v) is 2.14. The molecular weight excluding hydrogens is 250 g/mol. The standard InChI is InChI=1S/C12H17N3O4/c1-8-6-10(14-19-8)13-11(16)9-4-3-5-15(7-9)12(17)18-2/h6,9H,3-5,7H2,1-2H3,(H,13,14,16). The molecule has 104 valence electrons. The van der Waals surface area contributed by atoms with Gasteiger partial charge < -0.3 is 19.5 Å². The summed E-state index contributed by atoms with van der Waals surface area (Å²) in [6.45, 7) is 2.75. The number of amides is 2. The quantitative estimate of drug-likeness (QED) is 0.875. The van der Waals surface area contributed by atoms with Crippen LogP contribution in [0.25, 0.3) is 0 Å². The van der Waals surface area contributed by atoms with Gasteiger partial charge in [0.25, 0.3) is 0 Å². The maximum absolute atomic E-state index is 12.1. The number of nitrogens with one attached hydrogen (secondary N) is 1. The fraction of sp³-hybridized carbons (Fsp3) is 0.583. The number of rotatable bonds is 2. The predicted octanol–water partition coefficient (Wildman–Crippen LogP) is 1.40. The lowest BCUT2D eigenvalue weighted by Gasteiger charge is -2.30. The van der Waals surface area contributed by atoms with Crippen molar-refractivity contribution in [2.24, 2.45) is 5.92 Å². The number of carbonyl (C=O) groups is 2. The topological polar surface area (TPSA) is 84.7 Å². The van der Waals surface area contributed by atoms with E-state index in [1.165, 1.54) is 7.11 Å². The molecule has 0 aliphatic carbocycles. The van der Waals surface area contributed by atoms with Crippen molar-refractivity contribution >= 4 is 17.8 Å². The lowest BCUT2D eigenvalue weighted by atomic mass is 9.97. The molecule has 0 saturated carbocycles. The monoisotopic (exact) mass is 267 g/mol. The number of aromatic nitrogens is 1. The smallest absolute Gasteiger partial charge is 0.409 e. The van der Waals surface area contributed by atoms with Gasteiger partial charge in [0.1, 0.15) is 5.76 Å². The summed E-state index contributed by atoms with van der Waals surface area (Å²) in [5.41, 5.74) is 0. The molecule has 1 N–H and O–H groups in total. The maximum atomic E-state index is 12.1. The van der Waals surface area contributed by atoms with Gasteiger partial charge in [-0.3, -0.25) is 4.79 Å². The highest BCUT2D eigenvalue weighted by molar-refractivity contribution is 5.92. The molecule has 1 aliphatic rings. The van der Waals surface area contributed by atoms with Crippen molar-refractivity contribution in [1.29, 1.82) is 0 Å². The number of nitrogens with zero attached hydrogens (tertiary/aromatic N) is 2. The highest BCUT2D eigenvalue weighted by Crippen LogP contribution is 2.19. The second-order valence-electron chi connectivity index (χ2n) is 4.57. The molecular formula is C12H17N3O4. The third-order valence-corrected chi connectivity index (χ3v) is 3.10. The Morgan fingerprint density at radius 2 is 2.37 bits per heavy atom. The van der Waals surface area contributed by atoms with Crippen LogP contribution in [0.5, 0.6) is 0 Å². The van der Waals surface area contributed by atoms with Crippen LogP contribution in [0.3, 0.4) is 0 Å². The molecule has 1 fully saturated rings. The summed E-state index contributed by atoms with van der Waals surface area (Å²) < 4.78 is 9.55. The van der Waals surface area contributed by atoms with Crippen LogP contribution in [0.4, 0.5) is 10.6 Å². The van der Waals surface area contributed by atoms with Gasteiger partial charge >= 0.3 is 6.09 Å². The Kier molecular flexibility index (Phi) is 4.03. The lowest BCUT2D eigenvalue weighted by molar-refractivity contribution is -0.121. The molecule has 0 radical (unpaired) electrons. The first kappa shape index (κ1) is 13.4. The van der Waals surface area contributed by atoms with Crippen LogP contribution in [-0.4, -0.2) is 42.3 Å². The van der Waals surface area contributed by atoms with E-state index in [0.29, 0.717) is 24.7 Å². The molecule has 2 heterocycles. The van der Waals surface area contributed by atoms with Crippen molar-refractivity contribution in [3.63, 3.8) is 0 Å². The summed E-state index contributed by atoms with van der Waals surface area (Å²) in [6, 6.07) is 1.65. The number of ether oxygens (including phenoxy) is 1. The molecule has 7 nitrogen and oxygen atoms in total. The number of methoxy groups -OCH3 is 1. The third kappa shape index (κ3) is 3.24. The van der Waals surface area contributed by atoms with Gasteiger partial charge in [-0.15, -0.1) is 0 Å². The van der Waals surface area contributed by atoms with Crippen molar-refractivity contribution in [3.8, 4) is 0 Å². The zero-order valence-electron chi connectivity index (χ0n) is 11.0. The minimum absolute atomic E-state index is 0.151. The average Bonchev–Trinajstić information content (AvgIpc) is 2.83. The van der Waals surface area contributed by atoms with Crippen LogP contribution < -0.4 is 5.32 Å². The van der Waals surface area contributed by atoms with Gasteiger partial charge in [0, 0.05) is 19.2 Å². The number of carbonyl (C=O) groups excluding carboxylic acids is 2. The first-order chi connectivity index (χ1) is 9.10. The van der Waals surface area contributed by atoms with E-state index in [2.05, 4.69) is 15.2 Å². The highest BCUT2D eigenvalue weighted by atomic mass is 16.5. The third-order valence-electron chi connectivity index (χ3n) is 3.10. The Balaban J connectivity index is 1.93. The van der Waals surface area contributed by atoms with Gasteiger partial charge in [-0.25, -0.2) is 4.79 Å². The number of aryl methyl sites for hydroxylation is 1. The van der Waals surface area contributed by atoms with E-state index in [-0.39, 0.29) is 11.8 Å². The summed E-state index contributed by atoms with van der Waals surface area (Å²) in [5.74, 6) is 0.639. The highest BCUT2D eigenvalue weighted by Gasteiger charge is 2.29. The van der Waals surface area contributed by atoms with E-state index < -0.39 is 6.09 Å². The van der Waals surface area contributed by atoms with Gasteiger partial charge in [0.15, 0.2) is 5.82 Å². The van der Waals surface area contributed by atoms with Crippen LogP contribution >= 0.6 is 0 Å². The molecule has 1 atom stereocenters. The van der Waals surface area contributed by atoms with Crippen molar-refractivity contribution in [2.45, 2.75) is 19.8 Å². The molecule has 7 heteroatoms. The number of piperidine rings is 1. The van der Waals surface area contributed by atoms with Crippen LogP contribution in [0, 0.1) is 12.8 Å². The van der Waals surface area contributed by atoms with Crippen LogP contribution in [-0.2, 0) is 9.53 Å². The van der Waals surface area contributed by atoms with Gasteiger partial charge in [-0.1, -0.05) is 5.16 Å². The number of hydrogen-bond donors (Lipinski definition) is 1. The van der Waals surface area contributed by atoms with Gasteiger partial charge in [-0.2, -0.15) is 0 Å². The minimum Gasteiger partial charge on any atom is -0.453 e. The van der Waals surface area contributed by atoms with E-state index in [1.54, 1.807) is 17.9 Å². The molecule has 1 aromatic rings. The summed E-state index contributed by atoms with van der Waals surface area (Å²) in [5, 5.41) is 6.40.